The summed E-state index contributed by atoms with van der Waals surface area (Å²) in [6.07, 6.45) is 1.29. The molecule has 1 amide bonds. The molecule has 1 aromatic carbocycles. The molecule has 2 rings (SSSR count). The minimum Gasteiger partial charge on any atom is -0.476 e. The van der Waals surface area contributed by atoms with Gasteiger partial charge in [0.15, 0.2) is 6.61 Å². The number of nitro groups is 1. The van der Waals surface area contributed by atoms with Crippen LogP contribution in [0.15, 0.2) is 48.7 Å². The summed E-state index contributed by atoms with van der Waals surface area (Å²) in [5.41, 5.74) is 0.715. The maximum Gasteiger partial charge on any atom is 0.406 e. The summed E-state index contributed by atoms with van der Waals surface area (Å²) in [7, 11) is 1.61. The molecule has 0 aliphatic carbocycles. The van der Waals surface area contributed by atoms with Crippen LogP contribution in [0, 0.1) is 10.1 Å². The van der Waals surface area contributed by atoms with Gasteiger partial charge in [0, 0.05) is 12.7 Å². The van der Waals surface area contributed by atoms with E-state index in [0.29, 0.717) is 5.69 Å². The van der Waals surface area contributed by atoms with E-state index in [1.54, 1.807) is 19.2 Å². The van der Waals surface area contributed by atoms with Gasteiger partial charge in [0.2, 0.25) is 5.75 Å². The number of amides is 1. The van der Waals surface area contributed by atoms with Crippen molar-refractivity contribution in [3.05, 3.63) is 58.8 Å². The summed E-state index contributed by atoms with van der Waals surface area (Å²) in [4.78, 5) is 27.2. The van der Waals surface area contributed by atoms with Gasteiger partial charge in [0.25, 0.3) is 5.91 Å². The van der Waals surface area contributed by atoms with Crippen molar-refractivity contribution < 1.29 is 14.5 Å². The van der Waals surface area contributed by atoms with Crippen LogP contribution in [0.1, 0.15) is 0 Å². The van der Waals surface area contributed by atoms with Crippen molar-refractivity contribution in [3.8, 4) is 5.75 Å². The minimum atomic E-state index is -0.652. The lowest BCUT2D eigenvalue weighted by Gasteiger charge is -2.17. The van der Waals surface area contributed by atoms with Crippen molar-refractivity contribution in [3.63, 3.8) is 0 Å². The van der Waals surface area contributed by atoms with Crippen LogP contribution < -0.4 is 9.64 Å². The van der Waals surface area contributed by atoms with Gasteiger partial charge in [0.05, 0.1) is 0 Å². The average Bonchev–Trinajstić information content (AvgIpc) is 2.52. The molecule has 7 heteroatoms. The number of nitrogens with zero attached hydrogens (tertiary/aromatic N) is 3. The number of carbonyl (C=O) groups is 1. The Bertz CT molecular complexity index is 646. The van der Waals surface area contributed by atoms with Gasteiger partial charge in [-0.3, -0.25) is 4.79 Å². The molecular weight excluding hydrogens is 274 g/mol. The van der Waals surface area contributed by atoms with E-state index in [0.717, 1.165) is 0 Å². The Morgan fingerprint density at radius 3 is 2.67 bits per heavy atom. The Morgan fingerprint density at radius 2 is 2.00 bits per heavy atom. The monoisotopic (exact) mass is 287 g/mol. The molecule has 0 unspecified atom stereocenters. The van der Waals surface area contributed by atoms with E-state index in [9.17, 15) is 14.9 Å². The molecule has 0 saturated carbocycles. The third-order valence-corrected chi connectivity index (χ3v) is 2.79. The molecule has 0 fully saturated rings. The number of anilines is 1. The van der Waals surface area contributed by atoms with Gasteiger partial charge in [-0.05, 0) is 34.2 Å². The van der Waals surface area contributed by atoms with E-state index in [1.807, 2.05) is 18.2 Å². The zero-order chi connectivity index (χ0) is 15.2. The summed E-state index contributed by atoms with van der Waals surface area (Å²) < 4.78 is 5.21. The second-order valence-electron chi connectivity index (χ2n) is 4.16. The van der Waals surface area contributed by atoms with Gasteiger partial charge in [-0.2, -0.15) is 0 Å². The topological polar surface area (TPSA) is 85.6 Å². The number of benzene rings is 1. The second kappa shape index (κ2) is 6.47. The van der Waals surface area contributed by atoms with Crippen LogP contribution in [0.5, 0.6) is 5.75 Å². The maximum atomic E-state index is 12.0. The number of rotatable bonds is 5. The Balaban J connectivity index is 2.03. The highest BCUT2D eigenvalue weighted by Crippen LogP contribution is 2.23. The van der Waals surface area contributed by atoms with E-state index >= 15 is 0 Å². The number of para-hydroxylation sites is 1. The highest BCUT2D eigenvalue weighted by atomic mass is 16.6. The first-order chi connectivity index (χ1) is 10.1. The average molecular weight is 287 g/mol. The van der Waals surface area contributed by atoms with Gasteiger partial charge in [-0.25, -0.2) is 0 Å². The first kappa shape index (κ1) is 14.4. The van der Waals surface area contributed by atoms with Gasteiger partial charge < -0.3 is 19.8 Å². The fourth-order valence-corrected chi connectivity index (χ4v) is 1.66. The fourth-order valence-electron chi connectivity index (χ4n) is 1.66. The number of hydrogen-bond acceptors (Lipinski definition) is 5. The molecule has 108 valence electrons. The Kier molecular flexibility index (Phi) is 4.45. The van der Waals surface area contributed by atoms with Crippen LogP contribution in [-0.4, -0.2) is 29.5 Å². The maximum absolute atomic E-state index is 12.0. The minimum absolute atomic E-state index is 0.0303. The summed E-state index contributed by atoms with van der Waals surface area (Å²) in [6, 6.07) is 11.9. The van der Waals surface area contributed by atoms with Crippen molar-refractivity contribution >= 4 is 17.4 Å². The van der Waals surface area contributed by atoms with Crippen LogP contribution in [0.4, 0.5) is 11.5 Å². The van der Waals surface area contributed by atoms with E-state index < -0.39 is 10.7 Å². The highest BCUT2D eigenvalue weighted by molar-refractivity contribution is 5.93. The zero-order valence-corrected chi connectivity index (χ0v) is 11.3. The van der Waals surface area contributed by atoms with Gasteiger partial charge >= 0.3 is 5.82 Å². The second-order valence-corrected chi connectivity index (χ2v) is 4.16. The summed E-state index contributed by atoms with van der Waals surface area (Å²) in [6.45, 7) is -0.308. The first-order valence-electron chi connectivity index (χ1n) is 6.13. The van der Waals surface area contributed by atoms with Gasteiger partial charge in [-0.1, -0.05) is 18.2 Å². The van der Waals surface area contributed by atoms with Crippen molar-refractivity contribution in [1.82, 2.24) is 4.98 Å². The van der Waals surface area contributed by atoms with Crippen molar-refractivity contribution in [2.24, 2.45) is 0 Å². The lowest BCUT2D eigenvalue weighted by Crippen LogP contribution is -2.31. The lowest BCUT2D eigenvalue weighted by atomic mass is 10.3. The predicted molar refractivity (Wildman–Crippen MR) is 76.2 cm³/mol. The number of aromatic nitrogens is 1. The van der Waals surface area contributed by atoms with E-state index in [1.165, 1.54) is 23.2 Å². The number of ether oxygens (including phenoxy) is 1. The molecule has 1 aromatic heterocycles. The molecule has 0 aliphatic heterocycles. The zero-order valence-electron chi connectivity index (χ0n) is 11.3. The standard InChI is InChI=1S/C14H13N3O4/c1-16(11-6-3-2-4-7-11)13(18)10-21-12-8-5-9-15-14(12)17(19)20/h2-9H,10H2,1H3. The molecule has 0 bridgehead atoms. The summed E-state index contributed by atoms with van der Waals surface area (Å²) in [5, 5.41) is 10.8. The smallest absolute Gasteiger partial charge is 0.406 e. The Hall–Kier alpha value is -2.96. The molecule has 21 heavy (non-hydrogen) atoms. The Labute approximate surface area is 120 Å². The van der Waals surface area contributed by atoms with Crippen LogP contribution in [0.3, 0.4) is 0 Å². The van der Waals surface area contributed by atoms with Crippen LogP contribution in [-0.2, 0) is 4.79 Å². The molecule has 0 radical (unpaired) electrons. The molecule has 0 atom stereocenters. The fraction of sp³-hybridized carbons (Fsp3) is 0.143. The van der Waals surface area contributed by atoms with Crippen molar-refractivity contribution in [1.29, 1.82) is 0 Å². The summed E-state index contributed by atoms with van der Waals surface area (Å²) >= 11 is 0. The summed E-state index contributed by atoms with van der Waals surface area (Å²) in [5.74, 6) is -0.760. The normalized spacial score (nSPS) is 9.95. The number of pyridine rings is 1. The molecule has 0 spiro atoms. The SMILES string of the molecule is CN(C(=O)COc1cccnc1[N+](=O)[O-])c1ccccc1. The van der Waals surface area contributed by atoms with Crippen molar-refractivity contribution in [2.75, 3.05) is 18.6 Å². The quantitative estimate of drug-likeness (QED) is 0.620. The Morgan fingerprint density at radius 1 is 1.29 bits per heavy atom. The van der Waals surface area contributed by atoms with E-state index in [2.05, 4.69) is 4.98 Å². The van der Waals surface area contributed by atoms with Gasteiger partial charge in [-0.15, -0.1) is 0 Å². The molecule has 2 aromatic rings. The third-order valence-electron chi connectivity index (χ3n) is 2.79. The molecule has 7 nitrogen and oxygen atoms in total. The number of carbonyl (C=O) groups excluding carboxylic acids is 1. The van der Waals surface area contributed by atoms with Crippen LogP contribution in [0.2, 0.25) is 0 Å². The molecule has 1 heterocycles. The molecular formula is C14H13N3O4. The largest absolute Gasteiger partial charge is 0.476 e. The van der Waals surface area contributed by atoms with E-state index in [-0.39, 0.29) is 18.3 Å². The third kappa shape index (κ3) is 3.53. The lowest BCUT2D eigenvalue weighted by molar-refractivity contribution is -0.390. The number of likely N-dealkylation sites (N-methyl/N-ethyl adjacent to an activating group) is 1. The molecule has 0 N–H and O–H groups in total. The molecule has 0 saturated heterocycles. The predicted octanol–water partition coefficient (Wildman–Crippen LogP) is 2.03. The first-order valence-corrected chi connectivity index (χ1v) is 6.13. The molecule has 0 aliphatic rings. The van der Waals surface area contributed by atoms with Gasteiger partial charge in [0.1, 0.15) is 6.20 Å². The van der Waals surface area contributed by atoms with Crippen LogP contribution in [0.25, 0.3) is 0 Å². The van der Waals surface area contributed by atoms with Crippen LogP contribution >= 0.6 is 0 Å². The van der Waals surface area contributed by atoms with Crippen molar-refractivity contribution in [2.45, 2.75) is 0 Å². The highest BCUT2D eigenvalue weighted by Gasteiger charge is 2.18. The number of hydrogen-bond donors (Lipinski definition) is 0. The van der Waals surface area contributed by atoms with E-state index in [4.69, 9.17) is 4.74 Å².